The monoisotopic (exact) mass is 286 g/mol. The van der Waals surface area contributed by atoms with Gasteiger partial charge in [0.2, 0.25) is 5.91 Å². The number of methoxy groups -OCH3 is 1. The molecule has 1 amide bonds. The molecule has 4 heteroatoms. The lowest BCUT2D eigenvalue weighted by molar-refractivity contribution is -0.126. The predicted molar refractivity (Wildman–Crippen MR) is 85.2 cm³/mol. The van der Waals surface area contributed by atoms with Crippen LogP contribution in [0.3, 0.4) is 0 Å². The summed E-state index contributed by atoms with van der Waals surface area (Å²) < 4.78 is 5.21. The van der Waals surface area contributed by atoms with E-state index in [1.165, 1.54) is 0 Å². The molecule has 0 heterocycles. The molecule has 0 aliphatic rings. The van der Waals surface area contributed by atoms with E-state index in [9.17, 15) is 4.79 Å². The average molecular weight is 286 g/mol. The molecule has 2 rings (SSSR count). The normalized spacial score (nSPS) is 13.7. The standard InChI is InChI=1S/C17H22N2O2/c1-4-17(2,18)16(20)19-11-12-5-6-14-10-15(21-3)8-7-13(14)9-12/h5-10H,4,11,18H2,1-3H3,(H,19,20). The molecule has 1 atom stereocenters. The summed E-state index contributed by atoms with van der Waals surface area (Å²) in [5, 5.41) is 5.12. The lowest BCUT2D eigenvalue weighted by atomic mass is 9.99. The first-order chi connectivity index (χ1) is 9.96. The van der Waals surface area contributed by atoms with Gasteiger partial charge < -0.3 is 15.8 Å². The second-order valence-corrected chi connectivity index (χ2v) is 5.50. The number of benzene rings is 2. The highest BCUT2D eigenvalue weighted by Gasteiger charge is 2.25. The maximum Gasteiger partial charge on any atom is 0.240 e. The molecule has 0 aliphatic heterocycles. The third kappa shape index (κ3) is 3.52. The maximum atomic E-state index is 12.0. The molecule has 1 unspecified atom stereocenters. The lowest BCUT2D eigenvalue weighted by Crippen LogP contribution is -2.50. The highest BCUT2D eigenvalue weighted by Crippen LogP contribution is 2.21. The van der Waals surface area contributed by atoms with E-state index in [1.54, 1.807) is 14.0 Å². The van der Waals surface area contributed by atoms with Gasteiger partial charge in [0.1, 0.15) is 5.75 Å². The van der Waals surface area contributed by atoms with E-state index >= 15 is 0 Å². The average Bonchev–Trinajstić information content (AvgIpc) is 2.51. The Bertz CT molecular complexity index is 650. The van der Waals surface area contributed by atoms with Crippen molar-refractivity contribution in [2.75, 3.05) is 7.11 Å². The molecule has 0 aliphatic carbocycles. The molecule has 0 saturated carbocycles. The summed E-state index contributed by atoms with van der Waals surface area (Å²) in [5.41, 5.74) is 6.15. The van der Waals surface area contributed by atoms with Crippen LogP contribution in [0.5, 0.6) is 5.75 Å². The van der Waals surface area contributed by atoms with Crippen LogP contribution in [-0.4, -0.2) is 18.6 Å². The third-order valence-corrected chi connectivity index (χ3v) is 3.82. The van der Waals surface area contributed by atoms with Crippen LogP contribution < -0.4 is 15.8 Å². The number of rotatable bonds is 5. The number of carbonyl (C=O) groups excluding carboxylic acids is 1. The molecule has 0 fully saturated rings. The molecule has 3 N–H and O–H groups in total. The number of hydrogen-bond donors (Lipinski definition) is 2. The van der Waals surface area contributed by atoms with Crippen LogP contribution in [0.25, 0.3) is 10.8 Å². The first-order valence-electron chi connectivity index (χ1n) is 7.10. The summed E-state index contributed by atoms with van der Waals surface area (Å²) in [5.74, 6) is 0.713. The molecule has 112 valence electrons. The summed E-state index contributed by atoms with van der Waals surface area (Å²) >= 11 is 0. The topological polar surface area (TPSA) is 64.4 Å². The molecule has 0 bridgehead atoms. The molecule has 21 heavy (non-hydrogen) atoms. The smallest absolute Gasteiger partial charge is 0.240 e. The van der Waals surface area contributed by atoms with E-state index in [4.69, 9.17) is 10.5 Å². The van der Waals surface area contributed by atoms with Crippen LogP contribution in [0, 0.1) is 0 Å². The Balaban J connectivity index is 2.11. The lowest BCUT2D eigenvalue weighted by Gasteiger charge is -2.21. The van der Waals surface area contributed by atoms with Crippen molar-refractivity contribution < 1.29 is 9.53 Å². The van der Waals surface area contributed by atoms with Crippen LogP contribution in [0.15, 0.2) is 36.4 Å². The van der Waals surface area contributed by atoms with Crippen LogP contribution in [0.1, 0.15) is 25.8 Å². The summed E-state index contributed by atoms with van der Waals surface area (Å²) in [6, 6.07) is 12.0. The van der Waals surface area contributed by atoms with E-state index in [1.807, 2.05) is 37.3 Å². The first-order valence-corrected chi connectivity index (χ1v) is 7.10. The van der Waals surface area contributed by atoms with Gasteiger partial charge in [0.25, 0.3) is 0 Å². The molecule has 0 spiro atoms. The van der Waals surface area contributed by atoms with Gasteiger partial charge in [0.05, 0.1) is 12.6 Å². The van der Waals surface area contributed by atoms with Crippen molar-refractivity contribution in [1.82, 2.24) is 5.32 Å². The molecule has 4 nitrogen and oxygen atoms in total. The van der Waals surface area contributed by atoms with Gasteiger partial charge in [-0.05, 0) is 47.9 Å². The van der Waals surface area contributed by atoms with Gasteiger partial charge in [0.15, 0.2) is 0 Å². The summed E-state index contributed by atoms with van der Waals surface area (Å²) in [7, 11) is 1.66. The van der Waals surface area contributed by atoms with E-state index in [0.717, 1.165) is 22.1 Å². The van der Waals surface area contributed by atoms with E-state index in [0.29, 0.717) is 13.0 Å². The van der Waals surface area contributed by atoms with Gasteiger partial charge in [-0.3, -0.25) is 4.79 Å². The molecule has 2 aromatic rings. The van der Waals surface area contributed by atoms with Crippen molar-refractivity contribution in [3.8, 4) is 5.75 Å². The summed E-state index contributed by atoms with van der Waals surface area (Å²) in [6.45, 7) is 4.13. The Labute approximate surface area is 125 Å². The minimum absolute atomic E-state index is 0.125. The SMILES string of the molecule is CCC(C)(N)C(=O)NCc1ccc2cc(OC)ccc2c1. The van der Waals surface area contributed by atoms with E-state index in [-0.39, 0.29) is 5.91 Å². The minimum Gasteiger partial charge on any atom is -0.497 e. The van der Waals surface area contributed by atoms with Crippen molar-refractivity contribution in [2.24, 2.45) is 5.73 Å². The largest absolute Gasteiger partial charge is 0.497 e. The fourth-order valence-electron chi connectivity index (χ4n) is 2.06. The molecule has 0 aromatic heterocycles. The third-order valence-electron chi connectivity index (χ3n) is 3.82. The van der Waals surface area contributed by atoms with Crippen LogP contribution in [0.4, 0.5) is 0 Å². The van der Waals surface area contributed by atoms with Crippen molar-refractivity contribution in [3.05, 3.63) is 42.0 Å². The number of carbonyl (C=O) groups is 1. The van der Waals surface area contributed by atoms with Gasteiger partial charge in [-0.25, -0.2) is 0 Å². The van der Waals surface area contributed by atoms with Crippen LogP contribution in [0.2, 0.25) is 0 Å². The molecule has 0 radical (unpaired) electrons. The highest BCUT2D eigenvalue weighted by atomic mass is 16.5. The quantitative estimate of drug-likeness (QED) is 0.888. The van der Waals surface area contributed by atoms with Gasteiger partial charge in [-0.1, -0.05) is 25.1 Å². The van der Waals surface area contributed by atoms with E-state index in [2.05, 4.69) is 11.4 Å². The van der Waals surface area contributed by atoms with Crippen molar-refractivity contribution in [1.29, 1.82) is 0 Å². The second kappa shape index (κ2) is 6.14. The zero-order valence-electron chi connectivity index (χ0n) is 12.8. The zero-order valence-corrected chi connectivity index (χ0v) is 12.8. The van der Waals surface area contributed by atoms with Crippen molar-refractivity contribution in [2.45, 2.75) is 32.4 Å². The maximum absolute atomic E-state index is 12.0. The van der Waals surface area contributed by atoms with Crippen LogP contribution in [-0.2, 0) is 11.3 Å². The predicted octanol–water partition coefficient (Wildman–Crippen LogP) is 2.59. The van der Waals surface area contributed by atoms with Crippen LogP contribution >= 0.6 is 0 Å². The summed E-state index contributed by atoms with van der Waals surface area (Å²) in [4.78, 5) is 12.0. The fourth-order valence-corrected chi connectivity index (χ4v) is 2.06. The number of hydrogen-bond acceptors (Lipinski definition) is 3. The number of fused-ring (bicyclic) bond motifs is 1. The number of nitrogens with one attached hydrogen (secondary N) is 1. The minimum atomic E-state index is -0.815. The molecule has 2 aromatic carbocycles. The fraction of sp³-hybridized carbons (Fsp3) is 0.353. The highest BCUT2D eigenvalue weighted by molar-refractivity contribution is 5.86. The Morgan fingerprint density at radius 2 is 1.90 bits per heavy atom. The van der Waals surface area contributed by atoms with Crippen molar-refractivity contribution in [3.63, 3.8) is 0 Å². The second-order valence-electron chi connectivity index (χ2n) is 5.50. The number of ether oxygens (including phenoxy) is 1. The Morgan fingerprint density at radius 1 is 1.24 bits per heavy atom. The van der Waals surface area contributed by atoms with Gasteiger partial charge in [-0.15, -0.1) is 0 Å². The summed E-state index contributed by atoms with van der Waals surface area (Å²) in [6.07, 6.45) is 0.607. The number of amides is 1. The van der Waals surface area contributed by atoms with E-state index < -0.39 is 5.54 Å². The Morgan fingerprint density at radius 3 is 2.57 bits per heavy atom. The molecular formula is C17H22N2O2. The van der Waals surface area contributed by atoms with Gasteiger partial charge in [-0.2, -0.15) is 0 Å². The Kier molecular flexibility index (Phi) is 4.48. The van der Waals surface area contributed by atoms with Crippen molar-refractivity contribution >= 4 is 16.7 Å². The zero-order chi connectivity index (χ0) is 15.5. The van der Waals surface area contributed by atoms with Gasteiger partial charge in [0, 0.05) is 6.54 Å². The molecule has 0 saturated heterocycles. The Hall–Kier alpha value is -2.07. The van der Waals surface area contributed by atoms with Gasteiger partial charge >= 0.3 is 0 Å². The number of nitrogens with two attached hydrogens (primary N) is 1. The first kappa shape index (κ1) is 15.3. The molecular weight excluding hydrogens is 264 g/mol.